The van der Waals surface area contributed by atoms with Crippen LogP contribution in [0.25, 0.3) is 0 Å². The molecule has 124 valence electrons. The second-order valence-corrected chi connectivity index (χ2v) is 4.95. The first kappa shape index (κ1) is 18.3. The zero-order valence-electron chi connectivity index (χ0n) is 12.8. The van der Waals surface area contributed by atoms with Crippen LogP contribution in [0.1, 0.15) is 30.5 Å². The van der Waals surface area contributed by atoms with Gasteiger partial charge in [-0.1, -0.05) is 17.7 Å². The minimum Gasteiger partial charge on any atom is -0.496 e. The summed E-state index contributed by atoms with van der Waals surface area (Å²) in [4.78, 5) is 11.7. The minimum atomic E-state index is -4.38. The second kappa shape index (κ2) is 8.03. The third-order valence-corrected chi connectivity index (χ3v) is 2.97. The van der Waals surface area contributed by atoms with Crippen LogP contribution < -0.4 is 10.1 Å². The largest absolute Gasteiger partial charge is 0.496 e. The highest BCUT2D eigenvalue weighted by Crippen LogP contribution is 2.26. The van der Waals surface area contributed by atoms with E-state index in [9.17, 15) is 18.0 Å². The number of carbonyl (C=O) groups is 1. The number of alkyl halides is 3. The van der Waals surface area contributed by atoms with E-state index in [0.29, 0.717) is 5.75 Å². The predicted molar refractivity (Wildman–Crippen MR) is 75.8 cm³/mol. The Kier molecular flexibility index (Phi) is 6.67. The van der Waals surface area contributed by atoms with Crippen molar-refractivity contribution in [1.82, 2.24) is 5.32 Å². The number of ether oxygens (including phenoxy) is 2. The number of methoxy groups -OCH3 is 1. The maximum atomic E-state index is 11.9. The van der Waals surface area contributed by atoms with Crippen LogP contribution >= 0.6 is 0 Å². The van der Waals surface area contributed by atoms with Gasteiger partial charge >= 0.3 is 6.18 Å². The molecule has 0 aliphatic carbocycles. The molecule has 1 rings (SSSR count). The predicted octanol–water partition coefficient (Wildman–Crippen LogP) is 3.15. The van der Waals surface area contributed by atoms with Crippen molar-refractivity contribution in [2.24, 2.45) is 0 Å². The van der Waals surface area contributed by atoms with Crippen LogP contribution in [-0.4, -0.2) is 32.4 Å². The average molecular weight is 319 g/mol. The standard InChI is InChI=1S/C15H20F3NO3/c1-10-4-5-13(21-3)12(8-10)11(2)19-14(20)6-7-22-9-15(16,17)18/h4-5,8,11H,6-7,9H2,1-3H3,(H,19,20). The van der Waals surface area contributed by atoms with E-state index in [-0.39, 0.29) is 25.0 Å². The summed E-state index contributed by atoms with van der Waals surface area (Å²) in [6, 6.07) is 5.27. The van der Waals surface area contributed by atoms with E-state index in [1.54, 1.807) is 13.0 Å². The van der Waals surface area contributed by atoms with E-state index < -0.39 is 12.8 Å². The zero-order valence-corrected chi connectivity index (χ0v) is 12.8. The Labute approximate surface area is 127 Å². The molecular formula is C15H20F3NO3. The number of carbonyl (C=O) groups excluding carboxylic acids is 1. The number of rotatable bonds is 7. The third-order valence-electron chi connectivity index (χ3n) is 2.97. The summed E-state index contributed by atoms with van der Waals surface area (Å²) >= 11 is 0. The van der Waals surface area contributed by atoms with Crippen LogP contribution in [-0.2, 0) is 9.53 Å². The molecule has 0 saturated carbocycles. The Balaban J connectivity index is 2.49. The highest BCUT2D eigenvalue weighted by atomic mass is 19.4. The molecule has 0 radical (unpaired) electrons. The van der Waals surface area contributed by atoms with Crippen molar-refractivity contribution in [2.75, 3.05) is 20.3 Å². The molecule has 1 unspecified atom stereocenters. The smallest absolute Gasteiger partial charge is 0.411 e. The highest BCUT2D eigenvalue weighted by molar-refractivity contribution is 5.76. The van der Waals surface area contributed by atoms with Gasteiger partial charge in [0.25, 0.3) is 0 Å². The molecule has 0 heterocycles. The van der Waals surface area contributed by atoms with Crippen molar-refractivity contribution in [3.8, 4) is 5.75 Å². The summed E-state index contributed by atoms with van der Waals surface area (Å²) in [5, 5.41) is 2.72. The van der Waals surface area contributed by atoms with Crippen molar-refractivity contribution in [3.05, 3.63) is 29.3 Å². The fourth-order valence-corrected chi connectivity index (χ4v) is 1.94. The van der Waals surface area contributed by atoms with Crippen LogP contribution in [0.5, 0.6) is 5.75 Å². The number of aryl methyl sites for hydroxylation is 1. The molecule has 7 heteroatoms. The highest BCUT2D eigenvalue weighted by Gasteiger charge is 2.27. The maximum absolute atomic E-state index is 11.9. The minimum absolute atomic E-state index is 0.130. The zero-order chi connectivity index (χ0) is 16.8. The summed E-state index contributed by atoms with van der Waals surface area (Å²) in [6.07, 6.45) is -4.51. The fraction of sp³-hybridized carbons (Fsp3) is 0.533. The summed E-state index contributed by atoms with van der Waals surface area (Å²) < 4.78 is 45.3. The molecule has 0 fully saturated rings. The monoisotopic (exact) mass is 319 g/mol. The molecule has 1 aromatic carbocycles. The number of amides is 1. The molecule has 1 aromatic rings. The van der Waals surface area contributed by atoms with Gasteiger partial charge in [0.15, 0.2) is 0 Å². The van der Waals surface area contributed by atoms with E-state index >= 15 is 0 Å². The number of hydrogen-bond donors (Lipinski definition) is 1. The molecule has 22 heavy (non-hydrogen) atoms. The van der Waals surface area contributed by atoms with Gasteiger partial charge in [0.05, 0.1) is 19.8 Å². The van der Waals surface area contributed by atoms with E-state index in [4.69, 9.17) is 4.74 Å². The van der Waals surface area contributed by atoms with E-state index in [0.717, 1.165) is 11.1 Å². The lowest BCUT2D eigenvalue weighted by Gasteiger charge is -2.18. The van der Waals surface area contributed by atoms with E-state index in [1.165, 1.54) is 7.11 Å². The number of nitrogens with one attached hydrogen (secondary N) is 1. The molecule has 0 saturated heterocycles. The molecule has 0 aromatic heterocycles. The Bertz CT molecular complexity index is 503. The fourth-order valence-electron chi connectivity index (χ4n) is 1.94. The average Bonchev–Trinajstić information content (AvgIpc) is 2.42. The SMILES string of the molecule is COc1ccc(C)cc1C(C)NC(=O)CCOCC(F)(F)F. The lowest BCUT2D eigenvalue weighted by Crippen LogP contribution is -2.28. The van der Waals surface area contributed by atoms with Gasteiger partial charge in [-0.25, -0.2) is 0 Å². The number of hydrogen-bond acceptors (Lipinski definition) is 3. The maximum Gasteiger partial charge on any atom is 0.411 e. The molecule has 4 nitrogen and oxygen atoms in total. The molecular weight excluding hydrogens is 299 g/mol. The second-order valence-electron chi connectivity index (χ2n) is 4.95. The first-order chi connectivity index (χ1) is 10.2. The molecule has 0 aliphatic heterocycles. The van der Waals surface area contributed by atoms with Crippen molar-refractivity contribution < 1.29 is 27.4 Å². The van der Waals surface area contributed by atoms with Crippen LogP contribution in [0.4, 0.5) is 13.2 Å². The normalized spacial score (nSPS) is 12.8. The molecule has 0 spiro atoms. The topological polar surface area (TPSA) is 47.6 Å². The molecule has 0 bridgehead atoms. The summed E-state index contributed by atoms with van der Waals surface area (Å²) in [6.45, 7) is 2.08. The van der Waals surface area contributed by atoms with Gasteiger partial charge in [-0.3, -0.25) is 4.79 Å². The van der Waals surface area contributed by atoms with Gasteiger partial charge in [0.1, 0.15) is 12.4 Å². The van der Waals surface area contributed by atoms with E-state index in [1.807, 2.05) is 19.1 Å². The summed E-state index contributed by atoms with van der Waals surface area (Å²) in [5.41, 5.74) is 1.83. The third kappa shape index (κ3) is 6.34. The van der Waals surface area contributed by atoms with Gasteiger partial charge in [0.2, 0.25) is 5.91 Å². The number of benzene rings is 1. The first-order valence-electron chi connectivity index (χ1n) is 6.81. The lowest BCUT2D eigenvalue weighted by atomic mass is 10.0. The van der Waals surface area contributed by atoms with E-state index in [2.05, 4.69) is 10.1 Å². The quantitative estimate of drug-likeness (QED) is 0.785. The van der Waals surface area contributed by atoms with Crippen LogP contribution in [0, 0.1) is 6.92 Å². The summed E-state index contributed by atoms with van der Waals surface area (Å²) in [7, 11) is 1.54. The molecule has 1 atom stereocenters. The Hall–Kier alpha value is -1.76. The Morgan fingerprint density at radius 1 is 1.36 bits per heavy atom. The van der Waals surface area contributed by atoms with Gasteiger partial charge in [-0.2, -0.15) is 13.2 Å². The number of halogens is 3. The molecule has 1 N–H and O–H groups in total. The van der Waals surface area contributed by atoms with Gasteiger partial charge in [-0.05, 0) is 19.9 Å². The van der Waals surface area contributed by atoms with Crippen molar-refractivity contribution in [1.29, 1.82) is 0 Å². The van der Waals surface area contributed by atoms with Crippen molar-refractivity contribution in [3.63, 3.8) is 0 Å². The van der Waals surface area contributed by atoms with Crippen LogP contribution in [0.15, 0.2) is 18.2 Å². The molecule has 0 aliphatic rings. The van der Waals surface area contributed by atoms with Gasteiger partial charge in [0, 0.05) is 12.0 Å². The van der Waals surface area contributed by atoms with Crippen LogP contribution in [0.3, 0.4) is 0 Å². The summed E-state index contributed by atoms with van der Waals surface area (Å²) in [5.74, 6) is 0.268. The van der Waals surface area contributed by atoms with Gasteiger partial charge < -0.3 is 14.8 Å². The lowest BCUT2D eigenvalue weighted by molar-refractivity contribution is -0.174. The van der Waals surface area contributed by atoms with Crippen LogP contribution in [0.2, 0.25) is 0 Å². The Morgan fingerprint density at radius 2 is 2.05 bits per heavy atom. The van der Waals surface area contributed by atoms with Crippen molar-refractivity contribution >= 4 is 5.91 Å². The first-order valence-corrected chi connectivity index (χ1v) is 6.81. The van der Waals surface area contributed by atoms with Gasteiger partial charge in [-0.15, -0.1) is 0 Å². The molecule has 1 amide bonds. The Morgan fingerprint density at radius 3 is 2.64 bits per heavy atom. The van der Waals surface area contributed by atoms with Crippen molar-refractivity contribution in [2.45, 2.75) is 32.5 Å².